The summed E-state index contributed by atoms with van der Waals surface area (Å²) < 4.78 is 4.85. The number of fused-ring (bicyclic) bond motifs is 1. The number of rotatable bonds is 6. The molecule has 3 rings (SSSR count). The Hall–Kier alpha value is -2.67. The van der Waals surface area contributed by atoms with Crippen molar-refractivity contribution in [1.82, 2.24) is 0 Å². The summed E-state index contributed by atoms with van der Waals surface area (Å²) in [7, 11) is 1.31. The first kappa shape index (κ1) is 18.1. The summed E-state index contributed by atoms with van der Waals surface area (Å²) in [6.45, 7) is 0. The van der Waals surface area contributed by atoms with Gasteiger partial charge < -0.3 is 15.2 Å². The molecule has 0 aliphatic heterocycles. The van der Waals surface area contributed by atoms with Crippen LogP contribution in [0.3, 0.4) is 0 Å². The molecule has 2 N–H and O–H groups in total. The summed E-state index contributed by atoms with van der Waals surface area (Å²) in [6.07, 6.45) is 2.44. The van der Waals surface area contributed by atoms with Gasteiger partial charge in [0.05, 0.1) is 18.6 Å². The standard InChI is InChI=1S/C19H19NO5S/c1-25-19(24)16-12-8-5-9-14(12)26-17(16)20-15(21)10-13(18(22)23)11-6-3-2-4-7-11/h2-4,6-7,13H,5,8-10H2,1H3,(H,20,21)(H,22,23)/t13-/m0/s1. The van der Waals surface area contributed by atoms with E-state index in [2.05, 4.69) is 5.32 Å². The molecule has 6 nitrogen and oxygen atoms in total. The first-order valence-electron chi connectivity index (χ1n) is 8.31. The van der Waals surface area contributed by atoms with Gasteiger partial charge in [0.1, 0.15) is 5.00 Å². The number of aryl methyl sites for hydroxylation is 1. The third-order valence-electron chi connectivity index (χ3n) is 4.45. The Morgan fingerprint density at radius 1 is 1.23 bits per heavy atom. The van der Waals surface area contributed by atoms with Crippen LogP contribution in [0.15, 0.2) is 30.3 Å². The Balaban J connectivity index is 1.80. The first-order valence-corrected chi connectivity index (χ1v) is 9.13. The Bertz CT molecular complexity index is 843. The van der Waals surface area contributed by atoms with Gasteiger partial charge in [-0.25, -0.2) is 4.79 Å². The molecular weight excluding hydrogens is 354 g/mol. The van der Waals surface area contributed by atoms with E-state index in [4.69, 9.17) is 4.74 Å². The van der Waals surface area contributed by atoms with Crippen molar-refractivity contribution in [1.29, 1.82) is 0 Å². The second kappa shape index (κ2) is 7.70. The van der Waals surface area contributed by atoms with Crippen molar-refractivity contribution in [3.63, 3.8) is 0 Å². The zero-order valence-corrected chi connectivity index (χ0v) is 15.1. The molecule has 0 unspecified atom stereocenters. The lowest BCUT2D eigenvalue weighted by Gasteiger charge is -2.13. The fraction of sp³-hybridized carbons (Fsp3) is 0.316. The van der Waals surface area contributed by atoms with E-state index in [-0.39, 0.29) is 6.42 Å². The predicted molar refractivity (Wildman–Crippen MR) is 97.7 cm³/mol. The highest BCUT2D eigenvalue weighted by atomic mass is 32.1. The van der Waals surface area contributed by atoms with Crippen LogP contribution >= 0.6 is 11.3 Å². The van der Waals surface area contributed by atoms with Crippen molar-refractivity contribution in [2.24, 2.45) is 0 Å². The number of anilines is 1. The molecule has 1 amide bonds. The molecule has 1 atom stereocenters. The van der Waals surface area contributed by atoms with Crippen molar-refractivity contribution in [3.8, 4) is 0 Å². The Morgan fingerprint density at radius 3 is 2.62 bits per heavy atom. The maximum atomic E-state index is 12.5. The minimum absolute atomic E-state index is 0.206. The fourth-order valence-electron chi connectivity index (χ4n) is 3.21. The number of hydrogen-bond acceptors (Lipinski definition) is 5. The minimum atomic E-state index is -1.06. The number of carboxylic acid groups (broad SMARTS) is 1. The van der Waals surface area contributed by atoms with Gasteiger partial charge in [0.2, 0.25) is 5.91 Å². The van der Waals surface area contributed by atoms with Crippen LogP contribution in [0.25, 0.3) is 0 Å². The molecule has 0 radical (unpaired) electrons. The molecule has 0 saturated carbocycles. The van der Waals surface area contributed by atoms with Crippen LogP contribution in [0.1, 0.15) is 45.1 Å². The highest BCUT2D eigenvalue weighted by Crippen LogP contribution is 2.39. The monoisotopic (exact) mass is 373 g/mol. The zero-order valence-electron chi connectivity index (χ0n) is 14.3. The average molecular weight is 373 g/mol. The number of carboxylic acids is 1. The SMILES string of the molecule is COC(=O)c1c(NC(=O)C[C@H](C(=O)O)c2ccccc2)sc2c1CCC2. The van der Waals surface area contributed by atoms with E-state index in [1.807, 2.05) is 0 Å². The predicted octanol–water partition coefficient (Wildman–Crippen LogP) is 3.22. The van der Waals surface area contributed by atoms with E-state index in [1.165, 1.54) is 18.4 Å². The van der Waals surface area contributed by atoms with E-state index < -0.39 is 23.8 Å². The summed E-state index contributed by atoms with van der Waals surface area (Å²) in [5, 5.41) is 12.6. The highest BCUT2D eigenvalue weighted by molar-refractivity contribution is 7.17. The molecule has 2 aromatic rings. The number of methoxy groups -OCH3 is 1. The molecule has 1 heterocycles. The number of hydrogen-bond donors (Lipinski definition) is 2. The maximum absolute atomic E-state index is 12.5. The Kier molecular flexibility index (Phi) is 5.37. The number of nitrogens with one attached hydrogen (secondary N) is 1. The highest BCUT2D eigenvalue weighted by Gasteiger charge is 2.29. The lowest BCUT2D eigenvalue weighted by molar-refractivity contribution is -0.140. The van der Waals surface area contributed by atoms with Gasteiger partial charge in [-0.1, -0.05) is 30.3 Å². The molecule has 26 heavy (non-hydrogen) atoms. The van der Waals surface area contributed by atoms with Crippen molar-refractivity contribution < 1.29 is 24.2 Å². The second-order valence-corrected chi connectivity index (χ2v) is 7.21. The smallest absolute Gasteiger partial charge is 0.341 e. The summed E-state index contributed by atoms with van der Waals surface area (Å²) in [6, 6.07) is 8.64. The third kappa shape index (κ3) is 3.62. The molecule has 1 aliphatic carbocycles. The number of benzene rings is 1. The van der Waals surface area contributed by atoms with Gasteiger partial charge in [-0.2, -0.15) is 0 Å². The summed E-state index contributed by atoms with van der Waals surface area (Å²) >= 11 is 1.37. The van der Waals surface area contributed by atoms with E-state index in [9.17, 15) is 19.5 Å². The number of ether oxygens (including phenoxy) is 1. The second-order valence-electron chi connectivity index (χ2n) is 6.11. The van der Waals surface area contributed by atoms with Gasteiger partial charge >= 0.3 is 11.9 Å². The number of carbonyl (C=O) groups is 3. The van der Waals surface area contributed by atoms with Crippen LogP contribution in [0, 0.1) is 0 Å². The van der Waals surface area contributed by atoms with Gasteiger partial charge in [0, 0.05) is 11.3 Å². The molecular formula is C19H19NO5S. The maximum Gasteiger partial charge on any atom is 0.341 e. The fourth-order valence-corrected chi connectivity index (χ4v) is 4.50. The summed E-state index contributed by atoms with van der Waals surface area (Å²) in [5.74, 6) is -2.92. The van der Waals surface area contributed by atoms with Crippen LogP contribution in [0.2, 0.25) is 0 Å². The third-order valence-corrected chi connectivity index (χ3v) is 5.66. The average Bonchev–Trinajstić information content (AvgIpc) is 3.20. The van der Waals surface area contributed by atoms with Gasteiger partial charge in [-0.15, -0.1) is 11.3 Å². The van der Waals surface area contributed by atoms with Crippen LogP contribution in [0.5, 0.6) is 0 Å². The largest absolute Gasteiger partial charge is 0.481 e. The number of amides is 1. The lowest BCUT2D eigenvalue weighted by atomic mass is 9.95. The van der Waals surface area contributed by atoms with Gasteiger partial charge in [0.15, 0.2) is 0 Å². The molecule has 1 aromatic carbocycles. The van der Waals surface area contributed by atoms with E-state index in [1.54, 1.807) is 30.3 Å². The van der Waals surface area contributed by atoms with Crippen molar-refractivity contribution in [2.75, 3.05) is 12.4 Å². The van der Waals surface area contributed by atoms with Crippen LogP contribution in [0.4, 0.5) is 5.00 Å². The number of thiophene rings is 1. The Morgan fingerprint density at radius 2 is 1.96 bits per heavy atom. The van der Waals surface area contributed by atoms with Crippen molar-refractivity contribution in [3.05, 3.63) is 51.9 Å². The van der Waals surface area contributed by atoms with E-state index in [0.29, 0.717) is 16.1 Å². The molecule has 7 heteroatoms. The van der Waals surface area contributed by atoms with Gasteiger partial charge in [0.25, 0.3) is 0 Å². The van der Waals surface area contributed by atoms with Crippen molar-refractivity contribution in [2.45, 2.75) is 31.6 Å². The molecule has 1 aliphatic rings. The quantitative estimate of drug-likeness (QED) is 0.759. The van der Waals surface area contributed by atoms with Crippen LogP contribution < -0.4 is 5.32 Å². The minimum Gasteiger partial charge on any atom is -0.481 e. The summed E-state index contributed by atoms with van der Waals surface area (Å²) in [4.78, 5) is 37.3. The van der Waals surface area contributed by atoms with E-state index in [0.717, 1.165) is 29.7 Å². The normalized spacial score (nSPS) is 13.7. The van der Waals surface area contributed by atoms with E-state index >= 15 is 0 Å². The zero-order chi connectivity index (χ0) is 18.7. The topological polar surface area (TPSA) is 92.7 Å². The number of aliphatic carboxylic acids is 1. The molecule has 0 bridgehead atoms. The first-order chi connectivity index (χ1) is 12.5. The molecule has 136 valence electrons. The van der Waals surface area contributed by atoms with Crippen LogP contribution in [-0.4, -0.2) is 30.1 Å². The van der Waals surface area contributed by atoms with Crippen LogP contribution in [-0.2, 0) is 27.2 Å². The lowest BCUT2D eigenvalue weighted by Crippen LogP contribution is -2.21. The van der Waals surface area contributed by atoms with Gasteiger partial charge in [-0.05, 0) is 30.4 Å². The number of carbonyl (C=O) groups excluding carboxylic acids is 2. The number of esters is 1. The molecule has 0 fully saturated rings. The molecule has 0 saturated heterocycles. The molecule has 1 aromatic heterocycles. The Labute approximate surface area is 154 Å². The van der Waals surface area contributed by atoms with Crippen molar-refractivity contribution >= 4 is 34.2 Å². The van der Waals surface area contributed by atoms with Gasteiger partial charge in [-0.3, -0.25) is 9.59 Å². The summed E-state index contributed by atoms with van der Waals surface area (Å²) in [5.41, 5.74) is 1.91. The molecule has 0 spiro atoms.